The molecule has 0 atom stereocenters. The monoisotopic (exact) mass is 788 g/mol. The highest BCUT2D eigenvalue weighted by molar-refractivity contribution is 6.09. The van der Waals surface area contributed by atoms with Gasteiger partial charge in [-0.3, -0.25) is 4.57 Å². The van der Waals surface area contributed by atoms with Gasteiger partial charge in [-0.1, -0.05) is 130 Å². The number of pyridine rings is 1. The maximum Gasteiger partial charge on any atom is 0.138 e. The van der Waals surface area contributed by atoms with E-state index in [0.717, 1.165) is 55.8 Å². The van der Waals surface area contributed by atoms with Gasteiger partial charge in [0.25, 0.3) is 0 Å². The minimum atomic E-state index is -2.50. The summed E-state index contributed by atoms with van der Waals surface area (Å²) in [4.78, 5) is 9.24. The van der Waals surface area contributed by atoms with Crippen molar-refractivity contribution in [2.75, 3.05) is 23.0 Å². The molecule has 0 N–H and O–H groups in total. The molecule has 0 saturated carbocycles. The van der Waals surface area contributed by atoms with Gasteiger partial charge in [-0.2, -0.15) is 0 Å². The van der Waals surface area contributed by atoms with Crippen LogP contribution in [0.15, 0.2) is 182 Å². The summed E-state index contributed by atoms with van der Waals surface area (Å²) in [6.07, 6.45) is 2.10. The van der Waals surface area contributed by atoms with Crippen LogP contribution < -0.4 is 14.5 Å². The molecule has 60 heavy (non-hydrogen) atoms. The number of rotatable bonds is 9. The molecule has 2 aromatic heterocycles. The van der Waals surface area contributed by atoms with Crippen molar-refractivity contribution in [1.29, 1.82) is 0 Å². The molecule has 5 heteroatoms. The van der Waals surface area contributed by atoms with E-state index in [1.807, 2.05) is 72.9 Å². The Morgan fingerprint density at radius 2 is 1.43 bits per heavy atom. The summed E-state index contributed by atoms with van der Waals surface area (Å²) in [6.45, 7) is 4.99. The van der Waals surface area contributed by atoms with Crippen LogP contribution in [0.3, 0.4) is 0 Å². The number of para-hydroxylation sites is 3. The minimum absolute atomic E-state index is 0.0124. The largest absolute Gasteiger partial charge is 0.457 e. The first-order valence-corrected chi connectivity index (χ1v) is 20.3. The van der Waals surface area contributed by atoms with Crippen LogP contribution >= 0.6 is 0 Å². The van der Waals surface area contributed by atoms with E-state index >= 15 is 0 Å². The molecule has 5 nitrogen and oxygen atoms in total. The van der Waals surface area contributed by atoms with Crippen molar-refractivity contribution in [3.05, 3.63) is 199 Å². The van der Waals surface area contributed by atoms with Crippen LogP contribution in [0.1, 0.15) is 48.4 Å². The van der Waals surface area contributed by atoms with E-state index in [1.54, 1.807) is 12.1 Å². The van der Waals surface area contributed by atoms with Gasteiger partial charge in [-0.25, -0.2) is 4.98 Å². The third kappa shape index (κ3) is 6.96. The highest BCUT2D eigenvalue weighted by Gasteiger charge is 2.27. The van der Waals surface area contributed by atoms with Gasteiger partial charge in [0.15, 0.2) is 0 Å². The van der Waals surface area contributed by atoms with Gasteiger partial charge in [-0.05, 0) is 112 Å². The molecule has 7 aromatic carbocycles. The van der Waals surface area contributed by atoms with E-state index in [1.165, 1.54) is 11.6 Å². The number of nitrogens with zero attached hydrogens (tertiary/aromatic N) is 4. The molecular weight excluding hydrogens is 733 g/mol. The summed E-state index contributed by atoms with van der Waals surface area (Å²) in [5.74, 6) is 2.12. The molecule has 9 aromatic rings. The molecule has 0 bridgehead atoms. The van der Waals surface area contributed by atoms with E-state index in [4.69, 9.17) is 20.7 Å². The molecule has 0 radical (unpaired) electrons. The van der Waals surface area contributed by atoms with Gasteiger partial charge in [-0.15, -0.1) is 0 Å². The van der Waals surface area contributed by atoms with Crippen LogP contribution in [0, 0.1) is 6.85 Å². The molecular formula is C55H48N4O. The van der Waals surface area contributed by atoms with Crippen LogP contribution in [-0.4, -0.2) is 22.8 Å². The fraction of sp³-hybridized carbons (Fsp3) is 0.145. The highest BCUT2D eigenvalue weighted by atomic mass is 16.5. The highest BCUT2D eigenvalue weighted by Crippen LogP contribution is 2.42. The summed E-state index contributed by atoms with van der Waals surface area (Å²) in [6, 6.07) is 46.0. The number of ether oxygens (including phenoxy) is 1. The van der Waals surface area contributed by atoms with Gasteiger partial charge in [0.05, 0.1) is 35.9 Å². The molecule has 3 heterocycles. The third-order valence-electron chi connectivity index (χ3n) is 11.5. The van der Waals surface area contributed by atoms with E-state index in [2.05, 4.69) is 95.8 Å². The van der Waals surface area contributed by atoms with Crippen LogP contribution in [0.4, 0.5) is 17.1 Å². The van der Waals surface area contributed by atoms with Crippen molar-refractivity contribution in [1.82, 2.24) is 9.55 Å². The lowest BCUT2D eigenvalue weighted by atomic mass is 9.86. The van der Waals surface area contributed by atoms with Crippen molar-refractivity contribution < 1.29 is 15.7 Å². The lowest BCUT2D eigenvalue weighted by molar-refractivity contribution is 0.483. The average Bonchev–Trinajstić information content (AvgIpc) is 3.87. The molecule has 294 valence electrons. The van der Waals surface area contributed by atoms with Crippen molar-refractivity contribution in [3.8, 4) is 39.6 Å². The normalized spacial score (nSPS) is 14.8. The Balaban J connectivity index is 0.949. The summed E-state index contributed by atoms with van der Waals surface area (Å²) >= 11 is 0. The number of fused-ring (bicyclic) bond motifs is 4. The van der Waals surface area contributed by atoms with Gasteiger partial charge in [0, 0.05) is 45.4 Å². The van der Waals surface area contributed by atoms with Crippen LogP contribution in [0.5, 0.6) is 11.5 Å². The first kappa shape index (κ1) is 29.2. The second kappa shape index (κ2) is 15.2. The predicted octanol–water partition coefficient (Wildman–Crippen LogP) is 14.1. The van der Waals surface area contributed by atoms with Crippen LogP contribution in [-0.2, 0) is 11.8 Å². The number of benzene rings is 7. The van der Waals surface area contributed by atoms with Crippen LogP contribution in [0.2, 0.25) is 0 Å². The lowest BCUT2D eigenvalue weighted by Gasteiger charge is -2.23. The number of anilines is 3. The number of hydrogen-bond acceptors (Lipinski definition) is 4. The quantitative estimate of drug-likeness (QED) is 0.146. The number of aryl methyl sites for hydroxylation is 1. The van der Waals surface area contributed by atoms with Crippen LogP contribution in [0.25, 0.3) is 49.9 Å². The van der Waals surface area contributed by atoms with Gasteiger partial charge in [0.1, 0.15) is 17.3 Å². The first-order chi connectivity index (χ1) is 32.6. The second-order valence-electron chi connectivity index (χ2n) is 16.3. The standard InChI is InChI=1S/C55H48N4O/c1-38-14-12-20-47(40-15-6-5-7-16-40)46(38)31-33-57-37-58(52-23-11-10-22-51(52)57)43-17-13-18-44(35-43)60-45-28-29-49-48-19-8-9-21-50(48)59(53(49)36-45)54-34-41(30-32-56-54)39-24-26-42(27-25-39)55(2,3)4/h5-30,32,34-36H,31,33,37H2,1-4H3/i1D3,5D,6D,7D,15D,16D. The Bertz CT molecular complexity index is 3380. The molecule has 0 saturated heterocycles. The predicted molar refractivity (Wildman–Crippen MR) is 250 cm³/mol. The van der Waals surface area contributed by atoms with Crippen molar-refractivity contribution in [3.63, 3.8) is 0 Å². The maximum atomic E-state index is 8.71. The molecule has 10 rings (SSSR count). The van der Waals surface area contributed by atoms with E-state index in [9.17, 15) is 0 Å². The van der Waals surface area contributed by atoms with Gasteiger partial charge >= 0.3 is 0 Å². The molecule has 0 fully saturated rings. The molecule has 1 aliphatic rings. The molecule has 1 aliphatic heterocycles. The lowest BCUT2D eigenvalue weighted by Crippen LogP contribution is -2.30. The summed E-state index contributed by atoms with van der Waals surface area (Å²) in [5, 5.41) is 2.20. The third-order valence-corrected chi connectivity index (χ3v) is 11.5. The van der Waals surface area contributed by atoms with Gasteiger partial charge in [0.2, 0.25) is 0 Å². The average molecular weight is 789 g/mol. The van der Waals surface area contributed by atoms with E-state index in [-0.39, 0.29) is 35.0 Å². The Hall–Kier alpha value is -7.11. The smallest absolute Gasteiger partial charge is 0.138 e. The fourth-order valence-electron chi connectivity index (χ4n) is 8.41. The SMILES string of the molecule is [2H]c1c([2H])c([2H])c(-c2cccc(C([2H])([2H])[2H])c2CCN2CN(c3cccc(Oc4ccc5c6ccccc6n(-c6cc(-c7ccc(C(C)(C)C)cc7)ccn6)c5c4)c3)c3ccccc32)c([2H])c1[2H]. The van der Waals surface area contributed by atoms with Crippen molar-refractivity contribution in [2.24, 2.45) is 0 Å². The zero-order chi connectivity index (χ0) is 47.6. The van der Waals surface area contributed by atoms with E-state index in [0.29, 0.717) is 35.8 Å². The Labute approximate surface area is 364 Å². The summed E-state index contributed by atoms with van der Waals surface area (Å²) < 4.78 is 76.4. The number of hydrogen-bond donors (Lipinski definition) is 0. The number of aromatic nitrogens is 2. The van der Waals surface area contributed by atoms with Crippen molar-refractivity contribution in [2.45, 2.75) is 39.5 Å². The Kier molecular flexibility index (Phi) is 7.41. The van der Waals surface area contributed by atoms with E-state index < -0.39 is 25.0 Å². The zero-order valence-electron chi connectivity index (χ0n) is 41.8. The zero-order valence-corrected chi connectivity index (χ0v) is 33.8. The van der Waals surface area contributed by atoms with Crippen molar-refractivity contribution >= 4 is 38.9 Å². The molecule has 0 aliphatic carbocycles. The summed E-state index contributed by atoms with van der Waals surface area (Å²) in [7, 11) is 0. The summed E-state index contributed by atoms with van der Waals surface area (Å²) in [5.41, 5.74) is 9.16. The molecule has 0 amide bonds. The first-order valence-electron chi connectivity index (χ1n) is 24.3. The topological polar surface area (TPSA) is 33.5 Å². The Morgan fingerprint density at radius 1 is 0.667 bits per heavy atom. The molecule has 0 unspecified atom stereocenters. The van der Waals surface area contributed by atoms with Gasteiger partial charge < -0.3 is 14.5 Å². The Morgan fingerprint density at radius 3 is 2.27 bits per heavy atom. The fourth-order valence-corrected chi connectivity index (χ4v) is 8.41. The minimum Gasteiger partial charge on any atom is -0.457 e. The second-order valence-corrected chi connectivity index (χ2v) is 16.3. The maximum absolute atomic E-state index is 8.71. The molecule has 0 spiro atoms.